The molecule has 1 heterocycles. The molecule has 0 saturated heterocycles. The molecule has 27 heavy (non-hydrogen) atoms. The summed E-state index contributed by atoms with van der Waals surface area (Å²) in [5, 5.41) is 3.65. The maximum Gasteiger partial charge on any atom is 0.244 e. The van der Waals surface area contributed by atoms with E-state index in [2.05, 4.69) is 10.3 Å². The summed E-state index contributed by atoms with van der Waals surface area (Å²) in [5.74, 6) is 1.69. The number of benzene rings is 2. The highest BCUT2D eigenvalue weighted by atomic mass is 35.5. The molecule has 0 aliphatic rings. The highest BCUT2D eigenvalue weighted by Gasteiger charge is 1.98. The summed E-state index contributed by atoms with van der Waals surface area (Å²) in [6.07, 6.45) is 8.77. The summed E-state index contributed by atoms with van der Waals surface area (Å²) in [4.78, 5) is 15.9. The van der Waals surface area contributed by atoms with E-state index < -0.39 is 0 Å². The first-order valence-electron chi connectivity index (χ1n) is 8.57. The number of hydrogen-bond donors (Lipinski definition) is 1. The van der Waals surface area contributed by atoms with Crippen LogP contribution in [0.15, 0.2) is 73.3 Å². The van der Waals surface area contributed by atoms with Crippen molar-refractivity contribution >= 4 is 35.3 Å². The molecule has 6 heteroatoms. The Balaban J connectivity index is 1.36. The molecule has 0 fully saturated rings. The number of carbonyl (C=O) groups excluding carboxylic acids is 1. The first kappa shape index (κ1) is 19.3. The van der Waals surface area contributed by atoms with Gasteiger partial charge in [0.25, 0.3) is 0 Å². The van der Waals surface area contributed by atoms with Crippen molar-refractivity contribution in [3.8, 4) is 5.69 Å². The smallest absolute Gasteiger partial charge is 0.244 e. The quantitative estimate of drug-likeness (QED) is 0.446. The van der Waals surface area contributed by atoms with Crippen molar-refractivity contribution in [2.75, 3.05) is 12.3 Å². The lowest BCUT2D eigenvalue weighted by Crippen LogP contribution is -2.23. The van der Waals surface area contributed by atoms with Crippen molar-refractivity contribution in [1.29, 1.82) is 0 Å². The molecule has 0 spiro atoms. The van der Waals surface area contributed by atoms with Crippen LogP contribution in [0.2, 0.25) is 5.02 Å². The fourth-order valence-corrected chi connectivity index (χ4v) is 3.36. The van der Waals surface area contributed by atoms with Gasteiger partial charge in [0.05, 0.1) is 6.33 Å². The Kier molecular flexibility index (Phi) is 7.13. The number of nitrogens with one attached hydrogen (secondary N) is 1. The third-order valence-corrected chi connectivity index (χ3v) is 5.13. The van der Waals surface area contributed by atoms with Crippen molar-refractivity contribution in [2.45, 2.75) is 5.75 Å². The Morgan fingerprint density at radius 2 is 1.93 bits per heavy atom. The molecule has 1 aromatic heterocycles. The first-order chi connectivity index (χ1) is 13.2. The minimum atomic E-state index is -0.0826. The molecule has 0 atom stereocenters. The fraction of sp³-hybridized carbons (Fsp3) is 0.143. The van der Waals surface area contributed by atoms with Crippen molar-refractivity contribution < 1.29 is 4.79 Å². The minimum absolute atomic E-state index is 0.0826. The normalized spacial score (nSPS) is 11.0. The molecule has 1 amide bonds. The number of thioether (sulfide) groups is 1. The van der Waals surface area contributed by atoms with E-state index in [0.717, 1.165) is 27.8 Å². The molecule has 0 saturated carbocycles. The van der Waals surface area contributed by atoms with Gasteiger partial charge < -0.3 is 9.88 Å². The number of hydrogen-bond acceptors (Lipinski definition) is 3. The Morgan fingerprint density at radius 3 is 2.63 bits per heavy atom. The van der Waals surface area contributed by atoms with Gasteiger partial charge in [-0.1, -0.05) is 35.9 Å². The summed E-state index contributed by atoms with van der Waals surface area (Å²) >= 11 is 7.65. The number of carbonyl (C=O) groups is 1. The van der Waals surface area contributed by atoms with Crippen molar-refractivity contribution in [1.82, 2.24) is 14.9 Å². The zero-order chi connectivity index (χ0) is 18.9. The summed E-state index contributed by atoms with van der Waals surface area (Å²) in [6.45, 7) is 0.640. The molecule has 0 radical (unpaired) electrons. The van der Waals surface area contributed by atoms with Crippen LogP contribution in [0.4, 0.5) is 0 Å². The Hall–Kier alpha value is -2.50. The number of imidazole rings is 1. The van der Waals surface area contributed by atoms with Crippen LogP contribution in [0, 0.1) is 0 Å². The van der Waals surface area contributed by atoms with E-state index in [1.54, 1.807) is 30.4 Å². The molecule has 138 valence electrons. The van der Waals surface area contributed by atoms with Crippen LogP contribution >= 0.6 is 23.4 Å². The van der Waals surface area contributed by atoms with E-state index in [-0.39, 0.29) is 5.91 Å². The SMILES string of the molecule is O=C(/C=C/c1ccc(-n2ccnc2)cc1)NCCSCc1ccc(Cl)cc1. The second kappa shape index (κ2) is 10.00. The van der Waals surface area contributed by atoms with Gasteiger partial charge in [0.1, 0.15) is 0 Å². The standard InChI is InChI=1S/C21H20ClN3OS/c22-19-6-1-18(2-7-19)15-27-14-12-24-21(26)10-5-17-3-8-20(9-4-17)25-13-11-23-16-25/h1-11,13,16H,12,14-15H2,(H,24,26)/b10-5+. The number of aromatic nitrogens is 2. The van der Waals surface area contributed by atoms with E-state index in [0.29, 0.717) is 6.54 Å². The highest BCUT2D eigenvalue weighted by molar-refractivity contribution is 7.98. The molecular formula is C21H20ClN3OS. The Morgan fingerprint density at radius 1 is 1.15 bits per heavy atom. The van der Waals surface area contributed by atoms with Crippen molar-refractivity contribution in [3.05, 3.63) is 89.5 Å². The monoisotopic (exact) mass is 397 g/mol. The van der Waals surface area contributed by atoms with E-state index in [1.807, 2.05) is 65.4 Å². The predicted octanol–water partition coefficient (Wildman–Crippen LogP) is 4.59. The molecule has 4 nitrogen and oxygen atoms in total. The lowest BCUT2D eigenvalue weighted by Gasteiger charge is -2.04. The second-order valence-corrected chi connectivity index (χ2v) is 7.41. The van der Waals surface area contributed by atoms with Crippen molar-refractivity contribution in [2.24, 2.45) is 0 Å². The maximum atomic E-state index is 11.9. The molecule has 0 bridgehead atoms. The van der Waals surface area contributed by atoms with E-state index in [4.69, 9.17) is 11.6 Å². The number of rotatable bonds is 8. The molecule has 1 N–H and O–H groups in total. The largest absolute Gasteiger partial charge is 0.352 e. The van der Waals surface area contributed by atoms with Gasteiger partial charge >= 0.3 is 0 Å². The number of halogens is 1. The molecule has 0 unspecified atom stereocenters. The maximum absolute atomic E-state index is 11.9. The second-order valence-electron chi connectivity index (χ2n) is 5.86. The van der Waals surface area contributed by atoms with E-state index >= 15 is 0 Å². The van der Waals surface area contributed by atoms with Crippen LogP contribution in [-0.4, -0.2) is 27.8 Å². The average molecular weight is 398 g/mol. The molecule has 3 rings (SSSR count). The third-order valence-electron chi connectivity index (χ3n) is 3.85. The summed E-state index contributed by atoms with van der Waals surface area (Å²) < 4.78 is 1.93. The molecule has 3 aromatic rings. The van der Waals surface area contributed by atoms with Crippen LogP contribution in [0.5, 0.6) is 0 Å². The van der Waals surface area contributed by atoms with Gasteiger partial charge in [0.15, 0.2) is 0 Å². The van der Waals surface area contributed by atoms with Gasteiger partial charge in [-0.3, -0.25) is 4.79 Å². The first-order valence-corrected chi connectivity index (χ1v) is 10.1. The van der Waals surface area contributed by atoms with Crippen molar-refractivity contribution in [3.63, 3.8) is 0 Å². The Labute approximate surface area is 168 Å². The van der Waals surface area contributed by atoms with Gasteiger partial charge in [-0.25, -0.2) is 4.98 Å². The minimum Gasteiger partial charge on any atom is -0.352 e. The van der Waals surface area contributed by atoms with Gasteiger partial charge in [-0.15, -0.1) is 0 Å². The van der Waals surface area contributed by atoms with Crippen LogP contribution in [-0.2, 0) is 10.5 Å². The Bertz CT molecular complexity index is 875. The summed E-state index contributed by atoms with van der Waals surface area (Å²) in [5.41, 5.74) is 3.24. The van der Waals surface area contributed by atoms with Gasteiger partial charge in [-0.2, -0.15) is 11.8 Å². The lowest BCUT2D eigenvalue weighted by molar-refractivity contribution is -0.116. The van der Waals surface area contributed by atoms with Gasteiger partial charge in [0, 0.05) is 47.2 Å². The average Bonchev–Trinajstić information content (AvgIpc) is 3.23. The topological polar surface area (TPSA) is 46.9 Å². The van der Waals surface area contributed by atoms with E-state index in [9.17, 15) is 4.79 Å². The van der Waals surface area contributed by atoms with Gasteiger partial charge in [-0.05, 0) is 41.5 Å². The van der Waals surface area contributed by atoms with Crippen LogP contribution in [0.3, 0.4) is 0 Å². The zero-order valence-corrected chi connectivity index (χ0v) is 16.3. The zero-order valence-electron chi connectivity index (χ0n) is 14.7. The summed E-state index contributed by atoms with van der Waals surface area (Å²) in [7, 11) is 0. The van der Waals surface area contributed by atoms with Crippen LogP contribution in [0.25, 0.3) is 11.8 Å². The predicted molar refractivity (Wildman–Crippen MR) is 113 cm³/mol. The molecule has 2 aromatic carbocycles. The molecule has 0 aliphatic carbocycles. The number of amides is 1. The third kappa shape index (κ3) is 6.31. The van der Waals surface area contributed by atoms with Crippen LogP contribution in [0.1, 0.15) is 11.1 Å². The summed E-state index contributed by atoms with van der Waals surface area (Å²) in [6, 6.07) is 15.8. The molecule has 0 aliphatic heterocycles. The van der Waals surface area contributed by atoms with Gasteiger partial charge in [0.2, 0.25) is 5.91 Å². The number of nitrogens with zero attached hydrogens (tertiary/aromatic N) is 2. The van der Waals surface area contributed by atoms with E-state index in [1.165, 1.54) is 5.56 Å². The van der Waals surface area contributed by atoms with Crippen LogP contribution < -0.4 is 5.32 Å². The highest BCUT2D eigenvalue weighted by Crippen LogP contribution is 2.15. The molecular weight excluding hydrogens is 378 g/mol. The lowest BCUT2D eigenvalue weighted by atomic mass is 10.2. The fourth-order valence-electron chi connectivity index (χ4n) is 2.42.